The molecule has 0 saturated heterocycles. The summed E-state index contributed by atoms with van der Waals surface area (Å²) in [4.78, 5) is 4.45. The number of aryl methyl sites for hydroxylation is 3. The summed E-state index contributed by atoms with van der Waals surface area (Å²) in [5.74, 6) is 1.50. The molecule has 0 fully saturated rings. The van der Waals surface area contributed by atoms with E-state index in [4.69, 9.17) is 10.5 Å². The van der Waals surface area contributed by atoms with Crippen molar-refractivity contribution >= 4 is 5.82 Å². The van der Waals surface area contributed by atoms with Crippen molar-refractivity contribution in [2.45, 2.75) is 19.8 Å². The Bertz CT molecular complexity index is 843. The summed E-state index contributed by atoms with van der Waals surface area (Å²) < 4.78 is 5.31. The topological polar surface area (TPSA) is 48.1 Å². The molecule has 0 aliphatic heterocycles. The molecule has 3 nitrogen and oxygen atoms in total. The van der Waals surface area contributed by atoms with Gasteiger partial charge >= 0.3 is 0 Å². The third-order valence-electron chi connectivity index (χ3n) is 4.19. The van der Waals surface area contributed by atoms with Crippen LogP contribution < -0.4 is 10.5 Å². The third kappa shape index (κ3) is 3.74. The average Bonchev–Trinajstić information content (AvgIpc) is 2.63. The Hall–Kier alpha value is -2.81. The molecule has 2 aromatic carbocycles. The van der Waals surface area contributed by atoms with Crippen LogP contribution in [0.2, 0.25) is 0 Å². The van der Waals surface area contributed by atoms with E-state index in [2.05, 4.69) is 47.4 Å². The summed E-state index contributed by atoms with van der Waals surface area (Å²) in [6.07, 6.45) is 1.82. The molecule has 0 aliphatic rings. The first-order chi connectivity index (χ1) is 11.7. The van der Waals surface area contributed by atoms with Crippen LogP contribution in [0.3, 0.4) is 0 Å². The van der Waals surface area contributed by atoms with Gasteiger partial charge in [0.25, 0.3) is 0 Å². The van der Waals surface area contributed by atoms with Crippen LogP contribution >= 0.6 is 0 Å². The fourth-order valence-corrected chi connectivity index (χ4v) is 2.71. The number of anilines is 1. The molecule has 0 unspecified atom stereocenters. The minimum Gasteiger partial charge on any atom is -0.497 e. The summed E-state index contributed by atoms with van der Waals surface area (Å²) in [5, 5.41) is 0. The lowest BCUT2D eigenvalue weighted by Gasteiger charge is -2.08. The fraction of sp³-hybridized carbons (Fsp3) is 0.190. The highest BCUT2D eigenvalue weighted by Gasteiger charge is 2.03. The molecule has 0 amide bonds. The minimum absolute atomic E-state index is 0.623. The molecule has 2 N–H and O–H groups in total. The number of nitrogens with zero attached hydrogens (tertiary/aromatic N) is 1. The number of hydrogen-bond donors (Lipinski definition) is 1. The van der Waals surface area contributed by atoms with Crippen molar-refractivity contribution in [2.24, 2.45) is 0 Å². The van der Waals surface area contributed by atoms with E-state index in [-0.39, 0.29) is 0 Å². The van der Waals surface area contributed by atoms with Gasteiger partial charge in [0.1, 0.15) is 11.6 Å². The molecule has 3 heteroatoms. The van der Waals surface area contributed by atoms with Gasteiger partial charge in [-0.25, -0.2) is 4.98 Å². The number of rotatable bonds is 5. The van der Waals surface area contributed by atoms with Crippen LogP contribution in [0.1, 0.15) is 16.8 Å². The summed E-state index contributed by atoms with van der Waals surface area (Å²) in [7, 11) is 1.69. The van der Waals surface area contributed by atoms with Crippen LogP contribution in [-0.4, -0.2) is 12.1 Å². The number of hydrogen-bond acceptors (Lipinski definition) is 3. The van der Waals surface area contributed by atoms with Crippen molar-refractivity contribution in [3.05, 3.63) is 77.5 Å². The minimum atomic E-state index is 0.623. The number of ether oxygens (including phenoxy) is 1. The summed E-state index contributed by atoms with van der Waals surface area (Å²) in [6.45, 7) is 1.98. The highest BCUT2D eigenvalue weighted by atomic mass is 16.5. The fourth-order valence-electron chi connectivity index (χ4n) is 2.71. The maximum Gasteiger partial charge on any atom is 0.126 e. The second kappa shape index (κ2) is 7.18. The lowest BCUT2D eigenvalue weighted by Crippen LogP contribution is -2.00. The molecule has 0 aliphatic carbocycles. The zero-order valence-corrected chi connectivity index (χ0v) is 14.1. The van der Waals surface area contributed by atoms with Crippen LogP contribution in [0.15, 0.2) is 60.7 Å². The molecule has 0 radical (unpaired) electrons. The standard InChI is InChI=1S/C21H22N2O/c1-15-9-11-19(23-21(15)22)12-10-16-5-3-6-17(13-16)18-7-4-8-20(14-18)24-2/h3-9,11,13-14H,10,12H2,1-2H3,(H2,22,23). The smallest absolute Gasteiger partial charge is 0.126 e. The zero-order chi connectivity index (χ0) is 16.9. The van der Waals surface area contributed by atoms with E-state index < -0.39 is 0 Å². The van der Waals surface area contributed by atoms with Gasteiger partial charge in [-0.3, -0.25) is 0 Å². The van der Waals surface area contributed by atoms with Gasteiger partial charge in [-0.15, -0.1) is 0 Å². The Kier molecular flexibility index (Phi) is 4.80. The predicted molar refractivity (Wildman–Crippen MR) is 99.2 cm³/mol. The van der Waals surface area contributed by atoms with E-state index in [9.17, 15) is 0 Å². The van der Waals surface area contributed by atoms with Gasteiger partial charge < -0.3 is 10.5 Å². The Labute approximate surface area is 143 Å². The van der Waals surface area contributed by atoms with Crippen molar-refractivity contribution in [3.63, 3.8) is 0 Å². The van der Waals surface area contributed by atoms with E-state index in [1.54, 1.807) is 7.11 Å². The first kappa shape index (κ1) is 16.1. The molecule has 24 heavy (non-hydrogen) atoms. The van der Waals surface area contributed by atoms with Gasteiger partial charge in [0, 0.05) is 5.69 Å². The Morgan fingerprint density at radius 1 is 0.917 bits per heavy atom. The van der Waals surface area contributed by atoms with Crippen LogP contribution in [0.5, 0.6) is 5.75 Å². The van der Waals surface area contributed by atoms with E-state index in [0.29, 0.717) is 5.82 Å². The molecule has 3 aromatic rings. The number of nitrogen functional groups attached to an aromatic ring is 1. The first-order valence-corrected chi connectivity index (χ1v) is 8.11. The molecule has 0 spiro atoms. The summed E-state index contributed by atoms with van der Waals surface area (Å²) >= 11 is 0. The van der Waals surface area contributed by atoms with E-state index in [1.165, 1.54) is 11.1 Å². The van der Waals surface area contributed by atoms with Crippen molar-refractivity contribution in [2.75, 3.05) is 12.8 Å². The Morgan fingerprint density at radius 2 is 1.67 bits per heavy atom. The Morgan fingerprint density at radius 3 is 2.42 bits per heavy atom. The van der Waals surface area contributed by atoms with E-state index in [1.807, 2.05) is 25.1 Å². The SMILES string of the molecule is COc1cccc(-c2cccc(CCc3ccc(C)c(N)n3)c2)c1. The predicted octanol–water partition coefficient (Wildman–Crippen LogP) is 4.43. The van der Waals surface area contributed by atoms with Crippen LogP contribution in [0, 0.1) is 6.92 Å². The third-order valence-corrected chi connectivity index (χ3v) is 4.19. The van der Waals surface area contributed by atoms with Gasteiger partial charge in [-0.2, -0.15) is 0 Å². The molecule has 0 bridgehead atoms. The second-order valence-electron chi connectivity index (χ2n) is 5.94. The van der Waals surface area contributed by atoms with Crippen LogP contribution in [0.4, 0.5) is 5.82 Å². The lowest BCUT2D eigenvalue weighted by molar-refractivity contribution is 0.415. The molecular weight excluding hydrogens is 296 g/mol. The molecule has 1 heterocycles. The summed E-state index contributed by atoms with van der Waals surface area (Å²) in [5.41, 5.74) is 11.6. The van der Waals surface area contributed by atoms with Gasteiger partial charge in [0.15, 0.2) is 0 Å². The summed E-state index contributed by atoms with van der Waals surface area (Å²) in [6, 6.07) is 20.8. The van der Waals surface area contributed by atoms with Crippen molar-refractivity contribution in [1.29, 1.82) is 0 Å². The molecule has 3 rings (SSSR count). The second-order valence-corrected chi connectivity index (χ2v) is 5.94. The maximum atomic E-state index is 5.89. The van der Waals surface area contributed by atoms with Crippen molar-refractivity contribution in [1.82, 2.24) is 4.98 Å². The quantitative estimate of drug-likeness (QED) is 0.757. The monoisotopic (exact) mass is 318 g/mol. The number of nitrogens with two attached hydrogens (primary N) is 1. The highest BCUT2D eigenvalue weighted by molar-refractivity contribution is 5.65. The number of pyridine rings is 1. The van der Waals surface area contributed by atoms with Crippen molar-refractivity contribution < 1.29 is 4.74 Å². The number of benzene rings is 2. The molecule has 122 valence electrons. The molecule has 0 saturated carbocycles. The van der Waals surface area contributed by atoms with Crippen LogP contribution in [0.25, 0.3) is 11.1 Å². The first-order valence-electron chi connectivity index (χ1n) is 8.11. The normalized spacial score (nSPS) is 10.6. The average molecular weight is 318 g/mol. The van der Waals surface area contributed by atoms with Crippen molar-refractivity contribution in [3.8, 4) is 16.9 Å². The van der Waals surface area contributed by atoms with Gasteiger partial charge in [-0.05, 0) is 60.2 Å². The van der Waals surface area contributed by atoms with E-state index >= 15 is 0 Å². The van der Waals surface area contributed by atoms with E-state index in [0.717, 1.165) is 35.4 Å². The van der Waals surface area contributed by atoms with Gasteiger partial charge in [0.05, 0.1) is 7.11 Å². The number of methoxy groups -OCH3 is 1. The Balaban J connectivity index is 1.76. The maximum absolute atomic E-state index is 5.89. The van der Waals surface area contributed by atoms with Crippen LogP contribution in [-0.2, 0) is 12.8 Å². The van der Waals surface area contributed by atoms with Gasteiger partial charge in [-0.1, -0.05) is 42.5 Å². The number of aromatic nitrogens is 1. The molecule has 1 aromatic heterocycles. The lowest BCUT2D eigenvalue weighted by atomic mass is 10.00. The van der Waals surface area contributed by atoms with Gasteiger partial charge in [0.2, 0.25) is 0 Å². The largest absolute Gasteiger partial charge is 0.497 e. The zero-order valence-electron chi connectivity index (χ0n) is 14.1. The molecule has 0 atom stereocenters. The molecular formula is C21H22N2O. The highest BCUT2D eigenvalue weighted by Crippen LogP contribution is 2.25.